The molecule has 0 saturated carbocycles. The summed E-state index contributed by atoms with van der Waals surface area (Å²) in [6, 6.07) is 0. The molecule has 0 heterocycles. The van der Waals surface area contributed by atoms with Gasteiger partial charge in [-0.25, -0.2) is 9.59 Å². The minimum Gasteiger partial charge on any atom is -0.463 e. The maximum Gasteiger partial charge on any atom is 0.336 e. The first kappa shape index (κ1) is 11.4. The molecular formula is C9H12O4. The van der Waals surface area contributed by atoms with Gasteiger partial charge in [0.1, 0.15) is 6.61 Å². The zero-order chi connectivity index (χ0) is 10.3. The van der Waals surface area contributed by atoms with E-state index in [0.717, 1.165) is 6.08 Å². The summed E-state index contributed by atoms with van der Waals surface area (Å²) >= 11 is 0. The monoisotopic (exact) mass is 184 g/mol. The van der Waals surface area contributed by atoms with Crippen molar-refractivity contribution in [3.63, 3.8) is 0 Å². The number of carbonyl (C=O) groups excluding carboxylic acids is 2. The second-order valence-corrected chi connectivity index (χ2v) is 2.14. The van der Waals surface area contributed by atoms with E-state index in [-0.39, 0.29) is 18.8 Å². The smallest absolute Gasteiger partial charge is 0.336 e. The summed E-state index contributed by atoms with van der Waals surface area (Å²) in [6.45, 7) is 8.38. The molecule has 0 aliphatic carbocycles. The lowest BCUT2D eigenvalue weighted by Crippen LogP contribution is -2.13. The van der Waals surface area contributed by atoms with Crippen molar-refractivity contribution < 1.29 is 19.1 Å². The maximum atomic E-state index is 10.9. The van der Waals surface area contributed by atoms with Gasteiger partial charge in [-0.3, -0.25) is 0 Å². The van der Waals surface area contributed by atoms with E-state index in [2.05, 4.69) is 22.6 Å². The molecule has 4 nitrogen and oxygen atoms in total. The summed E-state index contributed by atoms with van der Waals surface area (Å²) in [4.78, 5) is 21.5. The lowest BCUT2D eigenvalue weighted by Gasteiger charge is -2.04. The van der Waals surface area contributed by atoms with Gasteiger partial charge in [-0.15, -0.1) is 0 Å². The van der Waals surface area contributed by atoms with Crippen LogP contribution >= 0.6 is 0 Å². The van der Waals surface area contributed by atoms with E-state index in [9.17, 15) is 9.59 Å². The van der Waals surface area contributed by atoms with Crippen molar-refractivity contribution in [2.45, 2.75) is 6.92 Å². The summed E-state index contributed by atoms with van der Waals surface area (Å²) in [6.07, 6.45) is 1.01. The van der Waals surface area contributed by atoms with E-state index in [1.54, 1.807) is 6.92 Å². The van der Waals surface area contributed by atoms with Crippen LogP contribution in [-0.2, 0) is 19.1 Å². The van der Waals surface area contributed by atoms with Gasteiger partial charge in [0.15, 0.2) is 0 Å². The molecule has 0 aromatic carbocycles. The molecule has 0 aromatic rings. The third-order valence-corrected chi connectivity index (χ3v) is 1.12. The Kier molecular flexibility index (Phi) is 5.27. The predicted molar refractivity (Wildman–Crippen MR) is 46.9 cm³/mol. The maximum absolute atomic E-state index is 10.9. The van der Waals surface area contributed by atoms with Crippen LogP contribution in [0.15, 0.2) is 24.8 Å². The van der Waals surface area contributed by atoms with Gasteiger partial charge in [0.05, 0.1) is 12.2 Å². The quantitative estimate of drug-likeness (QED) is 0.469. The Labute approximate surface area is 76.8 Å². The molecule has 0 N–H and O–H groups in total. The summed E-state index contributed by atoms with van der Waals surface area (Å²) in [5, 5.41) is 0. The number of ether oxygens (including phenoxy) is 2. The van der Waals surface area contributed by atoms with Gasteiger partial charge in [0.2, 0.25) is 0 Å². The van der Waals surface area contributed by atoms with E-state index in [4.69, 9.17) is 0 Å². The Morgan fingerprint density at radius 1 is 1.38 bits per heavy atom. The second-order valence-electron chi connectivity index (χ2n) is 2.14. The first-order chi connectivity index (χ1) is 6.11. The highest BCUT2D eigenvalue weighted by Gasteiger charge is 2.08. The average Bonchev–Trinajstić information content (AvgIpc) is 2.13. The zero-order valence-corrected chi connectivity index (χ0v) is 7.54. The van der Waals surface area contributed by atoms with Crippen molar-refractivity contribution in [3.8, 4) is 0 Å². The molecule has 0 fully saturated rings. The van der Waals surface area contributed by atoms with Crippen LogP contribution in [0.5, 0.6) is 0 Å². The van der Waals surface area contributed by atoms with E-state index < -0.39 is 11.9 Å². The molecule has 0 aromatic heterocycles. The number of rotatable bonds is 5. The van der Waals surface area contributed by atoms with Crippen LogP contribution in [0, 0.1) is 0 Å². The molecule has 0 radical (unpaired) electrons. The van der Waals surface area contributed by atoms with Crippen LogP contribution in [0.4, 0.5) is 0 Å². The molecule has 0 spiro atoms. The van der Waals surface area contributed by atoms with Crippen LogP contribution < -0.4 is 0 Å². The van der Waals surface area contributed by atoms with Gasteiger partial charge in [0.25, 0.3) is 0 Å². The third-order valence-electron chi connectivity index (χ3n) is 1.12. The van der Waals surface area contributed by atoms with Gasteiger partial charge in [-0.1, -0.05) is 13.2 Å². The molecule has 72 valence electrons. The Balaban J connectivity index is 3.80. The van der Waals surface area contributed by atoms with Gasteiger partial charge in [-0.2, -0.15) is 0 Å². The predicted octanol–water partition coefficient (Wildman–Crippen LogP) is 0.835. The topological polar surface area (TPSA) is 52.6 Å². The van der Waals surface area contributed by atoms with Crippen LogP contribution in [0.3, 0.4) is 0 Å². The zero-order valence-electron chi connectivity index (χ0n) is 7.54. The van der Waals surface area contributed by atoms with Crippen LogP contribution in [0.25, 0.3) is 0 Å². The number of esters is 2. The van der Waals surface area contributed by atoms with Crippen LogP contribution in [-0.4, -0.2) is 25.2 Å². The van der Waals surface area contributed by atoms with Gasteiger partial charge < -0.3 is 9.47 Å². The first-order valence-electron chi connectivity index (χ1n) is 3.75. The number of carbonyl (C=O) groups is 2. The molecular weight excluding hydrogens is 172 g/mol. The fourth-order valence-corrected chi connectivity index (χ4v) is 0.509. The fraction of sp³-hybridized carbons (Fsp3) is 0.333. The molecule has 0 bridgehead atoms. The van der Waals surface area contributed by atoms with Crippen molar-refractivity contribution in [1.29, 1.82) is 0 Å². The van der Waals surface area contributed by atoms with Crippen molar-refractivity contribution >= 4 is 11.9 Å². The lowest BCUT2D eigenvalue weighted by molar-refractivity contribution is -0.141. The second kappa shape index (κ2) is 5.99. The van der Waals surface area contributed by atoms with Crippen LogP contribution in [0.2, 0.25) is 0 Å². The highest BCUT2D eigenvalue weighted by atomic mass is 16.5. The minimum atomic E-state index is -0.592. The summed E-state index contributed by atoms with van der Waals surface area (Å²) in [5.41, 5.74) is 0.108. The van der Waals surface area contributed by atoms with Crippen molar-refractivity contribution in [2.75, 3.05) is 13.2 Å². The third kappa shape index (κ3) is 4.79. The lowest BCUT2D eigenvalue weighted by atomic mass is 10.3. The van der Waals surface area contributed by atoms with E-state index >= 15 is 0 Å². The number of hydrogen-bond acceptors (Lipinski definition) is 4. The Morgan fingerprint density at radius 3 is 2.46 bits per heavy atom. The standard InChI is InChI=1S/C9H12O4/c1-4-8(10)13-6-7(3)9(11)12-5-2/h4H,1,3,5-6H2,2H3. The van der Waals surface area contributed by atoms with Gasteiger partial charge in [0, 0.05) is 6.08 Å². The summed E-state index contributed by atoms with van der Waals surface area (Å²) < 4.78 is 9.18. The van der Waals surface area contributed by atoms with E-state index in [0.29, 0.717) is 0 Å². The molecule has 13 heavy (non-hydrogen) atoms. The molecule has 0 amide bonds. The molecule has 0 rings (SSSR count). The first-order valence-corrected chi connectivity index (χ1v) is 3.75. The SMILES string of the molecule is C=CC(=O)OCC(=C)C(=O)OCC. The molecule has 0 unspecified atom stereocenters. The normalized spacial score (nSPS) is 8.69. The van der Waals surface area contributed by atoms with Crippen molar-refractivity contribution in [3.05, 3.63) is 24.8 Å². The molecule has 0 aliphatic rings. The summed E-state index contributed by atoms with van der Waals surface area (Å²) in [5.74, 6) is -1.15. The van der Waals surface area contributed by atoms with E-state index in [1.807, 2.05) is 0 Å². The number of hydrogen-bond donors (Lipinski definition) is 0. The van der Waals surface area contributed by atoms with Gasteiger partial charge >= 0.3 is 11.9 Å². The Hall–Kier alpha value is -1.58. The molecule has 0 aliphatic heterocycles. The highest BCUT2D eigenvalue weighted by molar-refractivity contribution is 5.89. The Morgan fingerprint density at radius 2 is 2.00 bits per heavy atom. The molecule has 0 atom stereocenters. The van der Waals surface area contributed by atoms with Crippen LogP contribution in [0.1, 0.15) is 6.92 Å². The summed E-state index contributed by atoms with van der Waals surface area (Å²) in [7, 11) is 0. The minimum absolute atomic E-state index is 0.108. The average molecular weight is 184 g/mol. The fourth-order valence-electron chi connectivity index (χ4n) is 0.509. The highest BCUT2D eigenvalue weighted by Crippen LogP contribution is 1.96. The molecule has 0 saturated heterocycles. The van der Waals surface area contributed by atoms with Gasteiger partial charge in [-0.05, 0) is 6.92 Å². The van der Waals surface area contributed by atoms with E-state index in [1.165, 1.54) is 0 Å². The Bertz CT molecular complexity index is 230. The van der Waals surface area contributed by atoms with Crippen molar-refractivity contribution in [2.24, 2.45) is 0 Å². The molecule has 4 heteroatoms. The largest absolute Gasteiger partial charge is 0.463 e. The van der Waals surface area contributed by atoms with Crippen molar-refractivity contribution in [1.82, 2.24) is 0 Å².